The Labute approximate surface area is 133 Å². The second-order valence-electron chi connectivity index (χ2n) is 4.80. The number of hydrogen-bond donors (Lipinski definition) is 1. The molecule has 0 bridgehead atoms. The number of hydrogen-bond acceptors (Lipinski definition) is 3. The summed E-state index contributed by atoms with van der Waals surface area (Å²) >= 11 is 11.8. The first-order valence-electron chi connectivity index (χ1n) is 6.47. The fourth-order valence-corrected chi connectivity index (χ4v) is 1.98. The smallest absolute Gasteiger partial charge is 0.219 e. The maximum atomic E-state index is 13.8. The highest BCUT2D eigenvalue weighted by Crippen LogP contribution is 2.29. The number of halogens is 3. The molecule has 1 aromatic carbocycles. The van der Waals surface area contributed by atoms with Crippen LogP contribution in [0.3, 0.4) is 0 Å². The largest absolute Gasteiger partial charge is 0.436 e. The molecule has 0 fully saturated rings. The van der Waals surface area contributed by atoms with Crippen LogP contribution in [0.1, 0.15) is 19.4 Å². The number of benzene rings is 1. The van der Waals surface area contributed by atoms with Crippen LogP contribution >= 0.6 is 23.2 Å². The predicted molar refractivity (Wildman–Crippen MR) is 82.7 cm³/mol. The highest BCUT2D eigenvalue weighted by Gasteiger charge is 2.11. The topological polar surface area (TPSA) is 34.1 Å². The summed E-state index contributed by atoms with van der Waals surface area (Å²) in [6.45, 7) is 4.65. The third kappa shape index (κ3) is 4.30. The second-order valence-corrected chi connectivity index (χ2v) is 5.62. The first kappa shape index (κ1) is 16.0. The molecule has 0 saturated heterocycles. The van der Waals surface area contributed by atoms with E-state index in [1.165, 1.54) is 18.3 Å². The van der Waals surface area contributed by atoms with Crippen LogP contribution in [0.4, 0.5) is 4.39 Å². The highest BCUT2D eigenvalue weighted by atomic mass is 35.5. The van der Waals surface area contributed by atoms with Gasteiger partial charge < -0.3 is 10.1 Å². The van der Waals surface area contributed by atoms with Gasteiger partial charge in [0.25, 0.3) is 0 Å². The van der Waals surface area contributed by atoms with Crippen LogP contribution in [0.5, 0.6) is 11.6 Å². The quantitative estimate of drug-likeness (QED) is 0.854. The Bertz CT molecular complexity index is 635. The van der Waals surface area contributed by atoms with Crippen LogP contribution in [0.15, 0.2) is 30.5 Å². The zero-order valence-corrected chi connectivity index (χ0v) is 13.2. The van der Waals surface area contributed by atoms with E-state index >= 15 is 0 Å². The SMILES string of the molecule is CC(C)NCc1cc(Oc2cccc(Cl)c2F)ncc1Cl. The van der Waals surface area contributed by atoms with E-state index < -0.39 is 5.82 Å². The molecule has 0 aliphatic carbocycles. The van der Waals surface area contributed by atoms with Gasteiger partial charge in [0.1, 0.15) is 0 Å². The fourth-order valence-electron chi connectivity index (χ4n) is 1.64. The Hall–Kier alpha value is -1.36. The minimum absolute atomic E-state index is 0.00293. The van der Waals surface area contributed by atoms with Crippen LogP contribution < -0.4 is 10.1 Å². The lowest BCUT2D eigenvalue weighted by Gasteiger charge is -2.11. The summed E-state index contributed by atoms with van der Waals surface area (Å²) in [5, 5.41) is 3.78. The third-order valence-corrected chi connectivity index (χ3v) is 3.37. The van der Waals surface area contributed by atoms with Gasteiger partial charge in [-0.1, -0.05) is 43.1 Å². The Balaban J connectivity index is 2.20. The van der Waals surface area contributed by atoms with E-state index in [2.05, 4.69) is 10.3 Å². The molecular weight excluding hydrogens is 314 g/mol. The molecule has 1 aromatic heterocycles. The molecule has 2 aromatic rings. The van der Waals surface area contributed by atoms with Gasteiger partial charge in [-0.25, -0.2) is 9.37 Å². The number of nitrogens with one attached hydrogen (secondary N) is 1. The van der Waals surface area contributed by atoms with Crippen molar-refractivity contribution in [2.45, 2.75) is 26.4 Å². The van der Waals surface area contributed by atoms with Gasteiger partial charge in [0.15, 0.2) is 11.6 Å². The van der Waals surface area contributed by atoms with Crippen molar-refractivity contribution < 1.29 is 9.13 Å². The molecule has 2 rings (SSSR count). The average Bonchev–Trinajstić information content (AvgIpc) is 2.44. The molecule has 0 radical (unpaired) electrons. The summed E-state index contributed by atoms with van der Waals surface area (Å²) in [6, 6.07) is 6.56. The third-order valence-electron chi connectivity index (χ3n) is 2.74. The Morgan fingerprint density at radius 1 is 1.29 bits per heavy atom. The van der Waals surface area contributed by atoms with Gasteiger partial charge in [0.05, 0.1) is 10.0 Å². The standard InChI is InChI=1S/C15H15Cl2FN2O/c1-9(2)19-7-10-6-14(20-8-12(10)17)21-13-5-3-4-11(16)15(13)18/h3-6,8-9,19H,7H2,1-2H3. The molecule has 112 valence electrons. The molecule has 0 aliphatic rings. The zero-order chi connectivity index (χ0) is 15.4. The van der Waals surface area contributed by atoms with Crippen molar-refractivity contribution in [3.63, 3.8) is 0 Å². The van der Waals surface area contributed by atoms with Gasteiger partial charge in [-0.2, -0.15) is 0 Å². The van der Waals surface area contributed by atoms with Crippen LogP contribution in [-0.2, 0) is 6.54 Å². The van der Waals surface area contributed by atoms with Gasteiger partial charge >= 0.3 is 0 Å². The number of aromatic nitrogens is 1. The van der Waals surface area contributed by atoms with E-state index in [1.54, 1.807) is 12.1 Å². The monoisotopic (exact) mass is 328 g/mol. The van der Waals surface area contributed by atoms with Gasteiger partial charge in [-0.3, -0.25) is 0 Å². The number of ether oxygens (including phenoxy) is 1. The minimum atomic E-state index is -0.613. The van der Waals surface area contributed by atoms with Crippen LogP contribution in [-0.4, -0.2) is 11.0 Å². The molecule has 21 heavy (non-hydrogen) atoms. The molecule has 0 amide bonds. The van der Waals surface area contributed by atoms with Crippen molar-refractivity contribution in [2.24, 2.45) is 0 Å². The van der Waals surface area contributed by atoms with Crippen molar-refractivity contribution in [3.05, 3.63) is 51.9 Å². The Morgan fingerprint density at radius 2 is 2.05 bits per heavy atom. The van der Waals surface area contributed by atoms with Gasteiger partial charge in [-0.15, -0.1) is 0 Å². The summed E-state index contributed by atoms with van der Waals surface area (Å²) in [7, 11) is 0. The average molecular weight is 329 g/mol. The van der Waals surface area contributed by atoms with Crippen molar-refractivity contribution in [1.29, 1.82) is 0 Å². The van der Waals surface area contributed by atoms with Crippen molar-refractivity contribution in [3.8, 4) is 11.6 Å². The van der Waals surface area contributed by atoms with Crippen LogP contribution in [0.2, 0.25) is 10.0 Å². The summed E-state index contributed by atoms with van der Waals surface area (Å²) in [4.78, 5) is 4.04. The van der Waals surface area contributed by atoms with E-state index in [0.717, 1.165) is 5.56 Å². The molecule has 6 heteroatoms. The molecule has 0 atom stereocenters. The lowest BCUT2D eigenvalue weighted by molar-refractivity contribution is 0.426. The molecule has 0 aliphatic heterocycles. The molecule has 3 nitrogen and oxygen atoms in total. The summed E-state index contributed by atoms with van der Waals surface area (Å²) in [5.74, 6) is -0.320. The summed E-state index contributed by atoms with van der Waals surface area (Å²) in [6.07, 6.45) is 1.48. The molecule has 0 saturated carbocycles. The number of pyridine rings is 1. The summed E-state index contributed by atoms with van der Waals surface area (Å²) < 4.78 is 19.2. The van der Waals surface area contributed by atoms with E-state index in [9.17, 15) is 4.39 Å². The van der Waals surface area contributed by atoms with Gasteiger partial charge in [-0.05, 0) is 17.7 Å². The molecular formula is C15H15Cl2FN2O. The maximum Gasteiger partial charge on any atom is 0.219 e. The first-order valence-corrected chi connectivity index (χ1v) is 7.22. The van der Waals surface area contributed by atoms with Crippen molar-refractivity contribution >= 4 is 23.2 Å². The predicted octanol–water partition coefficient (Wildman–Crippen LogP) is 4.82. The van der Waals surface area contributed by atoms with Crippen LogP contribution in [0.25, 0.3) is 0 Å². The molecule has 0 unspecified atom stereocenters. The Kier molecular flexibility index (Phi) is 5.39. The van der Waals surface area contributed by atoms with E-state index in [-0.39, 0.29) is 16.7 Å². The zero-order valence-electron chi connectivity index (χ0n) is 11.7. The first-order chi connectivity index (χ1) is 9.97. The normalized spacial score (nSPS) is 11.0. The van der Waals surface area contributed by atoms with E-state index in [1.807, 2.05) is 13.8 Å². The molecule has 1 N–H and O–H groups in total. The van der Waals surface area contributed by atoms with E-state index in [4.69, 9.17) is 27.9 Å². The van der Waals surface area contributed by atoms with Crippen molar-refractivity contribution in [1.82, 2.24) is 10.3 Å². The van der Waals surface area contributed by atoms with Gasteiger partial charge in [0, 0.05) is 24.8 Å². The van der Waals surface area contributed by atoms with Crippen molar-refractivity contribution in [2.75, 3.05) is 0 Å². The van der Waals surface area contributed by atoms with Gasteiger partial charge in [0.2, 0.25) is 5.88 Å². The highest BCUT2D eigenvalue weighted by molar-refractivity contribution is 6.31. The van der Waals surface area contributed by atoms with Crippen LogP contribution in [0, 0.1) is 5.82 Å². The molecule has 0 spiro atoms. The minimum Gasteiger partial charge on any atom is -0.436 e. The second kappa shape index (κ2) is 7.07. The fraction of sp³-hybridized carbons (Fsp3) is 0.267. The molecule has 1 heterocycles. The Morgan fingerprint density at radius 3 is 2.76 bits per heavy atom. The number of rotatable bonds is 5. The maximum absolute atomic E-state index is 13.8. The lowest BCUT2D eigenvalue weighted by Crippen LogP contribution is -2.22. The summed E-state index contributed by atoms with van der Waals surface area (Å²) in [5.41, 5.74) is 0.831. The van der Waals surface area contributed by atoms with E-state index in [0.29, 0.717) is 17.6 Å². The number of nitrogens with zero attached hydrogens (tertiary/aromatic N) is 1. The lowest BCUT2D eigenvalue weighted by atomic mass is 10.2.